The fraction of sp³-hybridized carbons (Fsp3) is 0.385. The Morgan fingerprint density at radius 3 is 3.00 bits per heavy atom. The van der Waals surface area contributed by atoms with E-state index in [9.17, 15) is 0 Å². The van der Waals surface area contributed by atoms with E-state index in [0.29, 0.717) is 5.25 Å². The van der Waals surface area contributed by atoms with Gasteiger partial charge in [-0.3, -0.25) is 0 Å². The summed E-state index contributed by atoms with van der Waals surface area (Å²) in [6.45, 7) is 2.10. The number of allylic oxidation sites excluding steroid dienone is 1. The molecule has 2 heteroatoms. The molecule has 0 saturated heterocycles. The number of nitrogen functional groups attached to an aromatic ring is 1. The molecule has 0 heterocycles. The Bertz CT molecular complexity index is 371. The van der Waals surface area contributed by atoms with Gasteiger partial charge in [-0.15, -0.1) is 11.8 Å². The first-order valence-electron chi connectivity index (χ1n) is 5.46. The largest absolute Gasteiger partial charge is 0.398 e. The fourth-order valence-corrected chi connectivity index (χ4v) is 3.05. The van der Waals surface area contributed by atoms with E-state index in [4.69, 9.17) is 5.73 Å². The van der Waals surface area contributed by atoms with Crippen molar-refractivity contribution < 1.29 is 0 Å². The summed E-state index contributed by atoms with van der Waals surface area (Å²) in [5.74, 6) is 0. The predicted molar refractivity (Wildman–Crippen MR) is 68.2 cm³/mol. The van der Waals surface area contributed by atoms with Gasteiger partial charge in [-0.2, -0.15) is 0 Å². The van der Waals surface area contributed by atoms with Crippen LogP contribution in [0.15, 0.2) is 35.2 Å². The number of nitrogens with two attached hydrogens (primary N) is 1. The minimum Gasteiger partial charge on any atom is -0.398 e. The molecule has 15 heavy (non-hydrogen) atoms. The van der Waals surface area contributed by atoms with Crippen LogP contribution in [-0.4, -0.2) is 5.25 Å². The number of hydrogen-bond acceptors (Lipinski definition) is 2. The van der Waals surface area contributed by atoms with Crippen LogP contribution in [0.2, 0.25) is 0 Å². The van der Waals surface area contributed by atoms with Gasteiger partial charge < -0.3 is 5.73 Å². The van der Waals surface area contributed by atoms with Crippen LogP contribution >= 0.6 is 11.8 Å². The highest BCUT2D eigenvalue weighted by molar-refractivity contribution is 8.00. The topological polar surface area (TPSA) is 26.0 Å². The lowest BCUT2D eigenvalue weighted by atomic mass is 10.1. The van der Waals surface area contributed by atoms with E-state index in [2.05, 4.69) is 25.1 Å². The van der Waals surface area contributed by atoms with Gasteiger partial charge >= 0.3 is 0 Å². The van der Waals surface area contributed by atoms with E-state index < -0.39 is 0 Å². The molecule has 2 N–H and O–H groups in total. The first kappa shape index (κ1) is 10.6. The number of thioether (sulfide) groups is 1. The predicted octanol–water partition coefficient (Wildman–Crippen LogP) is 3.78. The summed E-state index contributed by atoms with van der Waals surface area (Å²) in [7, 11) is 0. The van der Waals surface area contributed by atoms with Crippen molar-refractivity contribution in [1.29, 1.82) is 0 Å². The third-order valence-electron chi connectivity index (χ3n) is 2.81. The average molecular weight is 219 g/mol. The maximum absolute atomic E-state index is 5.89. The maximum Gasteiger partial charge on any atom is 0.0354 e. The number of hydrogen-bond donors (Lipinski definition) is 1. The average Bonchev–Trinajstić information content (AvgIpc) is 2.26. The molecule has 0 aliphatic heterocycles. The molecule has 1 unspecified atom stereocenters. The molecule has 1 aliphatic carbocycles. The smallest absolute Gasteiger partial charge is 0.0354 e. The first-order chi connectivity index (χ1) is 7.27. The molecule has 1 nitrogen and oxygen atoms in total. The second-order valence-electron chi connectivity index (χ2n) is 3.99. The summed E-state index contributed by atoms with van der Waals surface area (Å²) in [5, 5.41) is 0.638. The highest BCUT2D eigenvalue weighted by Gasteiger charge is 2.11. The van der Waals surface area contributed by atoms with E-state index in [1.54, 1.807) is 0 Å². The molecule has 0 saturated carbocycles. The minimum atomic E-state index is 0.638. The highest BCUT2D eigenvalue weighted by atomic mass is 32.2. The molecule has 0 fully saturated rings. The van der Waals surface area contributed by atoms with Gasteiger partial charge in [0, 0.05) is 15.8 Å². The van der Waals surface area contributed by atoms with Gasteiger partial charge in [-0.1, -0.05) is 18.2 Å². The monoisotopic (exact) mass is 219 g/mol. The molecular weight excluding hydrogens is 202 g/mol. The van der Waals surface area contributed by atoms with E-state index in [-0.39, 0.29) is 0 Å². The van der Waals surface area contributed by atoms with Gasteiger partial charge in [-0.25, -0.2) is 0 Å². The zero-order chi connectivity index (χ0) is 10.7. The zero-order valence-electron chi connectivity index (χ0n) is 9.07. The molecule has 0 bridgehead atoms. The molecular formula is C13H17NS. The molecule has 0 amide bonds. The van der Waals surface area contributed by atoms with Gasteiger partial charge in [-0.05, 0) is 43.9 Å². The van der Waals surface area contributed by atoms with Gasteiger partial charge in [0.05, 0.1) is 0 Å². The van der Waals surface area contributed by atoms with Gasteiger partial charge in [0.15, 0.2) is 0 Å². The van der Waals surface area contributed by atoms with Crippen molar-refractivity contribution in [2.75, 3.05) is 5.73 Å². The van der Waals surface area contributed by atoms with Crippen LogP contribution in [0.3, 0.4) is 0 Å². The summed E-state index contributed by atoms with van der Waals surface area (Å²) in [6.07, 6.45) is 8.47. The second kappa shape index (κ2) is 4.75. The molecule has 0 radical (unpaired) electrons. The Morgan fingerprint density at radius 1 is 1.40 bits per heavy atom. The van der Waals surface area contributed by atoms with Crippen molar-refractivity contribution in [3.05, 3.63) is 35.9 Å². The third-order valence-corrected chi connectivity index (χ3v) is 4.21. The van der Waals surface area contributed by atoms with E-state index >= 15 is 0 Å². The first-order valence-corrected chi connectivity index (χ1v) is 6.34. The lowest BCUT2D eigenvalue weighted by Gasteiger charge is -2.17. The standard InChI is InChI=1S/C13H17NS/c1-10-12(14)8-5-9-13(10)15-11-6-3-2-4-7-11/h3,5-6,8-9,11H,2,4,7,14H2,1H3. The summed E-state index contributed by atoms with van der Waals surface area (Å²) < 4.78 is 0. The highest BCUT2D eigenvalue weighted by Crippen LogP contribution is 2.33. The van der Waals surface area contributed by atoms with Crippen molar-refractivity contribution in [1.82, 2.24) is 0 Å². The Balaban J connectivity index is 2.13. The van der Waals surface area contributed by atoms with Crippen LogP contribution in [-0.2, 0) is 0 Å². The maximum atomic E-state index is 5.89. The molecule has 0 spiro atoms. The van der Waals surface area contributed by atoms with Crippen LogP contribution in [0.4, 0.5) is 5.69 Å². The molecule has 1 aromatic rings. The quantitative estimate of drug-likeness (QED) is 0.605. The lowest BCUT2D eigenvalue weighted by Crippen LogP contribution is -2.03. The number of anilines is 1. The van der Waals surface area contributed by atoms with Crippen molar-refractivity contribution >= 4 is 17.4 Å². The molecule has 1 aliphatic rings. The van der Waals surface area contributed by atoms with E-state index in [0.717, 1.165) is 5.69 Å². The summed E-state index contributed by atoms with van der Waals surface area (Å²) in [6, 6.07) is 6.17. The van der Waals surface area contributed by atoms with Gasteiger partial charge in [0.1, 0.15) is 0 Å². The van der Waals surface area contributed by atoms with Crippen molar-refractivity contribution in [2.45, 2.75) is 36.3 Å². The van der Waals surface area contributed by atoms with E-state index in [1.165, 1.54) is 29.7 Å². The van der Waals surface area contributed by atoms with Crippen molar-refractivity contribution in [3.8, 4) is 0 Å². The summed E-state index contributed by atoms with van der Waals surface area (Å²) >= 11 is 1.94. The van der Waals surface area contributed by atoms with Crippen LogP contribution in [0.1, 0.15) is 24.8 Å². The lowest BCUT2D eigenvalue weighted by molar-refractivity contribution is 0.741. The number of benzene rings is 1. The zero-order valence-corrected chi connectivity index (χ0v) is 9.89. The van der Waals surface area contributed by atoms with Crippen LogP contribution in [0.25, 0.3) is 0 Å². The normalized spacial score (nSPS) is 20.5. The number of rotatable bonds is 2. The Kier molecular flexibility index (Phi) is 3.37. The molecule has 0 aromatic heterocycles. The molecule has 1 atom stereocenters. The van der Waals surface area contributed by atoms with Crippen LogP contribution in [0.5, 0.6) is 0 Å². The van der Waals surface area contributed by atoms with Crippen LogP contribution in [0, 0.1) is 6.92 Å². The molecule has 80 valence electrons. The van der Waals surface area contributed by atoms with Crippen LogP contribution < -0.4 is 5.73 Å². The Labute approximate surface area is 95.8 Å². The second-order valence-corrected chi connectivity index (χ2v) is 5.27. The SMILES string of the molecule is Cc1c(N)cccc1SC1C=CCCC1. The fourth-order valence-electron chi connectivity index (χ4n) is 1.80. The minimum absolute atomic E-state index is 0.638. The van der Waals surface area contributed by atoms with Gasteiger partial charge in [0.25, 0.3) is 0 Å². The Morgan fingerprint density at radius 2 is 2.27 bits per heavy atom. The molecule has 1 aromatic carbocycles. The van der Waals surface area contributed by atoms with Gasteiger partial charge in [0.2, 0.25) is 0 Å². The third kappa shape index (κ3) is 2.57. The summed E-state index contributed by atoms with van der Waals surface area (Å²) in [5.41, 5.74) is 8.02. The van der Waals surface area contributed by atoms with Crippen molar-refractivity contribution in [3.63, 3.8) is 0 Å². The van der Waals surface area contributed by atoms with E-state index in [1.807, 2.05) is 23.9 Å². The Hall–Kier alpha value is -0.890. The molecule has 2 rings (SSSR count). The summed E-state index contributed by atoms with van der Waals surface area (Å²) in [4.78, 5) is 1.33. The van der Waals surface area contributed by atoms with Crippen molar-refractivity contribution in [2.24, 2.45) is 0 Å².